The molecule has 0 saturated heterocycles. The summed E-state index contributed by atoms with van der Waals surface area (Å²) in [7, 11) is 0. The van der Waals surface area contributed by atoms with E-state index in [4.69, 9.17) is 0 Å². The average Bonchev–Trinajstić information content (AvgIpc) is 3.74. The van der Waals surface area contributed by atoms with Crippen LogP contribution < -0.4 is 26.6 Å². The summed E-state index contributed by atoms with van der Waals surface area (Å²) in [4.78, 5) is 81.2. The Hall–Kier alpha value is -6.25. The lowest BCUT2D eigenvalue weighted by Crippen LogP contribution is -2.59. The Morgan fingerprint density at radius 3 is 1.79 bits per heavy atom. The Bertz CT molecular complexity index is 2110. The maximum Gasteiger partial charge on any atom is 0.326 e. The number of thioether (sulfide) groups is 1. The molecule has 0 spiro atoms. The van der Waals surface area contributed by atoms with Crippen molar-refractivity contribution in [2.45, 2.75) is 74.0 Å². The molecule has 13 nitrogen and oxygen atoms in total. The highest BCUT2D eigenvalue weighted by Gasteiger charge is 2.34. The van der Waals surface area contributed by atoms with E-state index >= 15 is 0 Å². The highest BCUT2D eigenvalue weighted by molar-refractivity contribution is 8.03. The van der Waals surface area contributed by atoms with Crippen LogP contribution in [0.5, 0.6) is 0 Å². The van der Waals surface area contributed by atoms with Gasteiger partial charge in [-0.3, -0.25) is 24.0 Å². The molecule has 0 aliphatic carbocycles. The number of anilines is 1. The van der Waals surface area contributed by atoms with Gasteiger partial charge >= 0.3 is 5.97 Å². The van der Waals surface area contributed by atoms with Crippen LogP contribution in [0.15, 0.2) is 121 Å². The Morgan fingerprint density at radius 1 is 0.621 bits per heavy atom. The fraction of sp³-hybridized carbons (Fsp3) is 0.273. The molecule has 5 amide bonds. The summed E-state index contributed by atoms with van der Waals surface area (Å²) >= 11 is 1.50. The lowest BCUT2D eigenvalue weighted by atomic mass is 9.99. The normalized spacial score (nSPS) is 23.4. The number of hydrogen-bond donors (Lipinski definition) is 7. The van der Waals surface area contributed by atoms with Gasteiger partial charge < -0.3 is 36.8 Å². The van der Waals surface area contributed by atoms with Gasteiger partial charge in [-0.25, -0.2) is 4.79 Å². The van der Waals surface area contributed by atoms with Crippen molar-refractivity contribution >= 4 is 53.0 Å². The first kappa shape index (κ1) is 41.4. The van der Waals surface area contributed by atoms with Gasteiger partial charge in [0.05, 0.1) is 6.42 Å². The fourth-order valence-electron chi connectivity index (χ4n) is 6.77. The molecule has 0 saturated carbocycles. The number of fused-ring (bicyclic) bond motifs is 18. The third kappa shape index (κ3) is 11.6. The van der Waals surface area contributed by atoms with Crippen molar-refractivity contribution in [2.24, 2.45) is 0 Å². The van der Waals surface area contributed by atoms with Crippen LogP contribution >= 0.6 is 11.8 Å². The smallest absolute Gasteiger partial charge is 0.326 e. The zero-order valence-electron chi connectivity index (χ0n) is 31.5. The van der Waals surface area contributed by atoms with E-state index in [1.807, 2.05) is 66.1 Å². The minimum Gasteiger partial charge on any atom is -0.480 e. The Balaban J connectivity index is 1.34. The van der Waals surface area contributed by atoms with E-state index in [1.165, 1.54) is 23.9 Å². The number of carbonyl (C=O) groups is 6. The average molecular weight is 804 g/mol. The second-order valence-electron chi connectivity index (χ2n) is 14.3. The number of nitrogens with one attached hydrogen (secondary N) is 5. The van der Waals surface area contributed by atoms with Gasteiger partial charge in [-0.1, -0.05) is 103 Å². The van der Waals surface area contributed by atoms with Gasteiger partial charge in [-0.05, 0) is 58.2 Å². The molecule has 300 valence electrons. The Morgan fingerprint density at radius 2 is 1.19 bits per heavy atom. The molecule has 7 N–H and O–H groups in total. The van der Waals surface area contributed by atoms with E-state index in [0.717, 1.165) is 11.1 Å². The molecular formula is C44H45N5O8S. The van der Waals surface area contributed by atoms with Crippen LogP contribution in [0.25, 0.3) is 11.1 Å². The number of aliphatic hydroxyl groups excluding tert-OH is 1. The summed E-state index contributed by atoms with van der Waals surface area (Å²) in [5, 5.41) is 36.1. The van der Waals surface area contributed by atoms with Crippen LogP contribution in [0.1, 0.15) is 36.0 Å². The number of carbonyl (C=O) groups excluding carboxylic acids is 5. The van der Waals surface area contributed by atoms with Gasteiger partial charge in [-0.2, -0.15) is 0 Å². The summed E-state index contributed by atoms with van der Waals surface area (Å²) in [5.41, 5.74) is 4.12. The van der Waals surface area contributed by atoms with E-state index < -0.39 is 72.2 Å². The number of amides is 5. The van der Waals surface area contributed by atoms with Crippen molar-refractivity contribution in [3.05, 3.63) is 137 Å². The van der Waals surface area contributed by atoms with E-state index in [0.29, 0.717) is 23.1 Å². The predicted octanol–water partition coefficient (Wildman–Crippen LogP) is 3.52. The second-order valence-corrected chi connectivity index (χ2v) is 15.5. The molecule has 0 aromatic heterocycles. The highest BCUT2D eigenvalue weighted by atomic mass is 32.2. The van der Waals surface area contributed by atoms with Crippen molar-refractivity contribution in [2.75, 3.05) is 5.32 Å². The number of aliphatic hydroxyl groups is 1. The van der Waals surface area contributed by atoms with Gasteiger partial charge in [0, 0.05) is 30.2 Å². The Kier molecular flexibility index (Phi) is 14.1. The summed E-state index contributed by atoms with van der Waals surface area (Å²) in [6, 6.07) is 27.2. The number of carboxylic acid groups (broad SMARTS) is 1. The van der Waals surface area contributed by atoms with Gasteiger partial charge in [0.2, 0.25) is 23.6 Å². The fourth-order valence-corrected chi connectivity index (χ4v) is 7.74. The first-order valence-corrected chi connectivity index (χ1v) is 19.9. The summed E-state index contributed by atoms with van der Waals surface area (Å²) < 4.78 is 0. The van der Waals surface area contributed by atoms with Gasteiger partial charge in [0.15, 0.2) is 0 Å². The van der Waals surface area contributed by atoms with Crippen molar-refractivity contribution in [1.29, 1.82) is 0 Å². The molecule has 6 atom stereocenters. The number of carboxylic acids is 1. The maximum atomic E-state index is 14.4. The second kappa shape index (κ2) is 19.7. The number of hydrogen-bond acceptors (Lipinski definition) is 8. The molecule has 3 aliphatic rings. The molecule has 4 aromatic carbocycles. The largest absolute Gasteiger partial charge is 0.480 e. The summed E-state index contributed by atoms with van der Waals surface area (Å²) in [6.07, 6.45) is 0.253. The molecule has 7 rings (SSSR count). The zero-order chi connectivity index (χ0) is 41.0. The first-order valence-electron chi connectivity index (χ1n) is 19.0. The molecule has 4 aromatic rings. The summed E-state index contributed by atoms with van der Waals surface area (Å²) in [6.45, 7) is 0. The van der Waals surface area contributed by atoms with E-state index in [-0.39, 0.29) is 36.6 Å². The SMILES string of the molecule is O=C1C[C@@H](O)C(=O)Nc2ccc(cc2)C[C@@H](C(=O)O)NC(=O)[C@H](Cc2ccccc2)NC(=O)[C@H](Cc2ccc(-c3ccccc3)cc2)NC(=O)[C@@H](CC2CC=CS2)N1. The highest BCUT2D eigenvalue weighted by Crippen LogP contribution is 2.28. The van der Waals surface area contributed by atoms with Gasteiger partial charge in [-0.15, -0.1) is 11.8 Å². The maximum absolute atomic E-state index is 14.4. The van der Waals surface area contributed by atoms with Crippen LogP contribution in [0.3, 0.4) is 0 Å². The molecule has 2 bridgehead atoms. The summed E-state index contributed by atoms with van der Waals surface area (Å²) in [5.74, 6) is -5.06. The van der Waals surface area contributed by atoms with E-state index in [1.54, 1.807) is 42.5 Å². The van der Waals surface area contributed by atoms with E-state index in [9.17, 15) is 39.0 Å². The van der Waals surface area contributed by atoms with Crippen LogP contribution in [0.4, 0.5) is 5.69 Å². The zero-order valence-corrected chi connectivity index (χ0v) is 32.3. The Labute approximate surface area is 340 Å². The van der Waals surface area contributed by atoms with Crippen molar-refractivity contribution in [3.63, 3.8) is 0 Å². The quantitative estimate of drug-likeness (QED) is 0.130. The lowest BCUT2D eigenvalue weighted by Gasteiger charge is -2.27. The van der Waals surface area contributed by atoms with Gasteiger partial charge in [0.25, 0.3) is 5.91 Å². The topological polar surface area (TPSA) is 203 Å². The molecule has 14 heteroatoms. The third-order valence-electron chi connectivity index (χ3n) is 9.92. The van der Waals surface area contributed by atoms with Crippen LogP contribution in [0.2, 0.25) is 0 Å². The van der Waals surface area contributed by atoms with Crippen molar-refractivity contribution < 1.29 is 39.0 Å². The standard InChI is InChI=1S/C44H45N5O8S/c50-38-26-39(51)46-36(25-33-12-7-21-58-33)42(54)48-35(23-28-13-17-31(18-14-28)30-10-5-2-6-11-30)40(52)47-34(22-27-8-3-1-4-9-27)41(53)49-37(44(56)57)24-29-15-19-32(20-16-29)45-43(38)55/h1-11,13-21,33-38,50H,12,22-26H2,(H,45,55)(H,46,51)(H,47,52)(H,48,54)(H,49,53)(H,56,57)/t33?,34-,35-,36+,37-,38+/m0/s1. The predicted molar refractivity (Wildman–Crippen MR) is 220 cm³/mol. The molecule has 3 aliphatic heterocycles. The number of allylic oxidation sites excluding steroid dienone is 1. The first-order chi connectivity index (χ1) is 28.0. The van der Waals surface area contributed by atoms with Crippen LogP contribution in [-0.2, 0) is 48.0 Å². The monoisotopic (exact) mass is 803 g/mol. The number of aliphatic carboxylic acids is 1. The molecular weight excluding hydrogens is 759 g/mol. The molecule has 3 heterocycles. The number of rotatable bonds is 8. The van der Waals surface area contributed by atoms with Gasteiger partial charge in [0.1, 0.15) is 30.3 Å². The van der Waals surface area contributed by atoms with E-state index in [2.05, 4.69) is 26.6 Å². The molecule has 0 fully saturated rings. The molecule has 1 unspecified atom stereocenters. The molecule has 58 heavy (non-hydrogen) atoms. The third-order valence-corrected chi connectivity index (χ3v) is 11.0. The van der Waals surface area contributed by atoms with Crippen LogP contribution in [-0.4, -0.2) is 81.2 Å². The number of benzene rings is 4. The minimum absolute atomic E-state index is 0.000815. The van der Waals surface area contributed by atoms with Crippen molar-refractivity contribution in [1.82, 2.24) is 21.3 Å². The molecule has 0 radical (unpaired) electrons. The minimum atomic E-state index is -1.76. The van der Waals surface area contributed by atoms with Crippen LogP contribution in [0, 0.1) is 0 Å². The van der Waals surface area contributed by atoms with Crippen molar-refractivity contribution in [3.8, 4) is 11.1 Å². The lowest BCUT2D eigenvalue weighted by molar-refractivity contribution is -0.142.